The first-order valence-corrected chi connectivity index (χ1v) is 9.59. The molecule has 25 heavy (non-hydrogen) atoms. The molecule has 1 aliphatic carbocycles. The van der Waals surface area contributed by atoms with E-state index in [-0.39, 0.29) is 24.3 Å². The summed E-state index contributed by atoms with van der Waals surface area (Å²) in [6, 6.07) is 6.65. The van der Waals surface area contributed by atoms with Gasteiger partial charge < -0.3 is 20.4 Å². The summed E-state index contributed by atoms with van der Waals surface area (Å²) < 4.78 is 0. The van der Waals surface area contributed by atoms with Gasteiger partial charge in [-0.05, 0) is 68.3 Å². The lowest BCUT2D eigenvalue weighted by Crippen LogP contribution is -2.48. The molecule has 1 amide bonds. The molecule has 2 fully saturated rings. The van der Waals surface area contributed by atoms with Crippen molar-refractivity contribution in [3.63, 3.8) is 0 Å². The fraction of sp³-hybridized carbons (Fsp3) is 0.650. The van der Waals surface area contributed by atoms with Gasteiger partial charge in [0.15, 0.2) is 0 Å². The van der Waals surface area contributed by atoms with Crippen molar-refractivity contribution in [2.24, 2.45) is 11.8 Å². The molecule has 1 aromatic rings. The first-order chi connectivity index (χ1) is 12.2. The van der Waals surface area contributed by atoms with Crippen molar-refractivity contribution >= 4 is 5.91 Å². The lowest BCUT2D eigenvalue weighted by molar-refractivity contribution is 0.0803. The van der Waals surface area contributed by atoms with Gasteiger partial charge in [0.2, 0.25) is 0 Å². The Morgan fingerprint density at radius 3 is 2.64 bits per heavy atom. The Kier molecular flexibility index (Phi) is 6.32. The average Bonchev–Trinajstić information content (AvgIpc) is 2.64. The van der Waals surface area contributed by atoms with Crippen molar-refractivity contribution in [1.29, 1.82) is 0 Å². The third-order valence-corrected chi connectivity index (χ3v) is 5.71. The number of rotatable bonds is 5. The molecule has 138 valence electrons. The topological polar surface area (TPSA) is 72.8 Å². The number of hydrogen-bond donors (Lipinski definition) is 3. The van der Waals surface area contributed by atoms with E-state index >= 15 is 0 Å². The van der Waals surface area contributed by atoms with Crippen LogP contribution in [0.4, 0.5) is 0 Å². The second kappa shape index (κ2) is 8.68. The zero-order chi connectivity index (χ0) is 17.6. The first-order valence-electron chi connectivity index (χ1n) is 9.59. The summed E-state index contributed by atoms with van der Waals surface area (Å²) in [5.74, 6) is 1.01. The molecular formula is C20H30N2O3. The number of aliphatic hydroxyl groups excluding tert-OH is 1. The number of likely N-dealkylation sites (tertiary alicyclic amines) is 1. The molecule has 3 N–H and O–H groups in total. The van der Waals surface area contributed by atoms with Gasteiger partial charge in [-0.15, -0.1) is 0 Å². The van der Waals surface area contributed by atoms with Gasteiger partial charge in [0.05, 0.1) is 0 Å². The summed E-state index contributed by atoms with van der Waals surface area (Å²) in [6.07, 6.45) is 6.86. The zero-order valence-corrected chi connectivity index (χ0v) is 14.9. The highest BCUT2D eigenvalue weighted by Crippen LogP contribution is 2.27. The van der Waals surface area contributed by atoms with Gasteiger partial charge in [0.1, 0.15) is 5.75 Å². The quantitative estimate of drug-likeness (QED) is 0.765. The molecule has 2 unspecified atom stereocenters. The van der Waals surface area contributed by atoms with Gasteiger partial charge in [-0.25, -0.2) is 0 Å². The maximum absolute atomic E-state index is 12.5. The van der Waals surface area contributed by atoms with Crippen molar-refractivity contribution in [3.8, 4) is 5.75 Å². The average molecular weight is 346 g/mol. The minimum atomic E-state index is -0.0521. The standard InChI is InChI=1S/C20H30N2O3/c23-14-15-4-3-11-22(12-15)13-17-5-1-2-6-19(17)21-20(25)16-7-9-18(24)10-8-16/h7-10,15,17,19,23-24H,1-6,11-14H2,(H,21,25)/t15?,17?,19-/m0/s1. The maximum atomic E-state index is 12.5. The molecule has 1 aromatic carbocycles. The Labute approximate surface area is 150 Å². The Morgan fingerprint density at radius 2 is 1.88 bits per heavy atom. The number of aliphatic hydroxyl groups is 1. The van der Waals surface area contributed by atoms with Gasteiger partial charge in [-0.1, -0.05) is 12.8 Å². The lowest BCUT2D eigenvalue weighted by Gasteiger charge is -2.39. The predicted octanol–water partition coefficient (Wildman–Crippen LogP) is 2.39. The number of piperidine rings is 1. The fourth-order valence-electron chi connectivity index (χ4n) is 4.28. The molecule has 1 saturated carbocycles. The predicted molar refractivity (Wildman–Crippen MR) is 97.6 cm³/mol. The van der Waals surface area contributed by atoms with Crippen LogP contribution in [0.2, 0.25) is 0 Å². The second-order valence-electron chi connectivity index (χ2n) is 7.62. The van der Waals surface area contributed by atoms with Gasteiger partial charge >= 0.3 is 0 Å². The number of aromatic hydroxyl groups is 1. The van der Waals surface area contributed by atoms with Gasteiger partial charge in [-0.3, -0.25) is 4.79 Å². The number of phenolic OH excluding ortho intramolecular Hbond substituents is 1. The highest BCUT2D eigenvalue weighted by molar-refractivity contribution is 5.94. The van der Waals surface area contributed by atoms with Crippen molar-refractivity contribution < 1.29 is 15.0 Å². The van der Waals surface area contributed by atoms with Crippen LogP contribution in [0.15, 0.2) is 24.3 Å². The van der Waals surface area contributed by atoms with Crippen LogP contribution in [0.1, 0.15) is 48.9 Å². The van der Waals surface area contributed by atoms with Gasteiger partial charge in [0.25, 0.3) is 5.91 Å². The summed E-state index contributed by atoms with van der Waals surface area (Å²) in [5.41, 5.74) is 0.598. The minimum Gasteiger partial charge on any atom is -0.508 e. The summed E-state index contributed by atoms with van der Waals surface area (Å²) in [7, 11) is 0. The maximum Gasteiger partial charge on any atom is 0.251 e. The first kappa shape index (κ1) is 18.2. The second-order valence-corrected chi connectivity index (χ2v) is 7.62. The molecule has 1 saturated heterocycles. The zero-order valence-electron chi connectivity index (χ0n) is 14.9. The van der Waals surface area contributed by atoms with E-state index in [9.17, 15) is 15.0 Å². The number of nitrogens with one attached hydrogen (secondary N) is 1. The monoisotopic (exact) mass is 346 g/mol. The molecule has 0 bridgehead atoms. The number of benzene rings is 1. The van der Waals surface area contributed by atoms with Crippen LogP contribution >= 0.6 is 0 Å². The van der Waals surface area contributed by atoms with Crippen LogP contribution in [0.3, 0.4) is 0 Å². The molecule has 2 aliphatic rings. The molecule has 5 nitrogen and oxygen atoms in total. The molecule has 3 atom stereocenters. The smallest absolute Gasteiger partial charge is 0.251 e. The number of phenols is 1. The van der Waals surface area contributed by atoms with Crippen molar-refractivity contribution in [1.82, 2.24) is 10.2 Å². The van der Waals surface area contributed by atoms with E-state index in [0.717, 1.165) is 51.7 Å². The lowest BCUT2D eigenvalue weighted by atomic mass is 9.83. The summed E-state index contributed by atoms with van der Waals surface area (Å²) >= 11 is 0. The number of hydrogen-bond acceptors (Lipinski definition) is 4. The third-order valence-electron chi connectivity index (χ3n) is 5.71. The molecule has 1 aliphatic heterocycles. The number of nitrogens with zero attached hydrogens (tertiary/aromatic N) is 1. The van der Waals surface area contributed by atoms with E-state index in [0.29, 0.717) is 17.4 Å². The SMILES string of the molecule is O=C(N[C@H]1CCCCC1CN1CCCC(CO)C1)c1ccc(O)cc1. The minimum absolute atomic E-state index is 0.0521. The Bertz CT molecular complexity index is 561. The van der Waals surface area contributed by atoms with Crippen molar-refractivity contribution in [2.45, 2.75) is 44.6 Å². The van der Waals surface area contributed by atoms with Crippen LogP contribution in [-0.2, 0) is 0 Å². The van der Waals surface area contributed by atoms with Crippen molar-refractivity contribution in [3.05, 3.63) is 29.8 Å². The van der Waals surface area contributed by atoms with E-state index in [1.165, 1.54) is 6.42 Å². The van der Waals surface area contributed by atoms with Crippen LogP contribution in [0.5, 0.6) is 5.75 Å². The Balaban J connectivity index is 1.58. The molecule has 0 radical (unpaired) electrons. The van der Waals surface area contributed by atoms with E-state index < -0.39 is 0 Å². The summed E-state index contributed by atoms with van der Waals surface area (Å²) in [5, 5.41) is 22.0. The van der Waals surface area contributed by atoms with Crippen molar-refractivity contribution in [2.75, 3.05) is 26.2 Å². The third kappa shape index (κ3) is 4.95. The van der Waals surface area contributed by atoms with Crippen LogP contribution in [-0.4, -0.2) is 53.3 Å². The normalized spacial score (nSPS) is 27.8. The number of carbonyl (C=O) groups is 1. The number of carbonyl (C=O) groups excluding carboxylic acids is 1. The molecule has 0 spiro atoms. The molecule has 3 rings (SSSR count). The summed E-state index contributed by atoms with van der Waals surface area (Å²) in [6.45, 7) is 3.37. The van der Waals surface area contributed by atoms with Crippen LogP contribution in [0.25, 0.3) is 0 Å². The summed E-state index contributed by atoms with van der Waals surface area (Å²) in [4.78, 5) is 15.0. The van der Waals surface area contributed by atoms with E-state index in [2.05, 4.69) is 10.2 Å². The molecule has 1 heterocycles. The molecular weight excluding hydrogens is 316 g/mol. The van der Waals surface area contributed by atoms with E-state index in [1.807, 2.05) is 0 Å². The highest BCUT2D eigenvalue weighted by Gasteiger charge is 2.30. The molecule has 0 aromatic heterocycles. The Morgan fingerprint density at radius 1 is 1.12 bits per heavy atom. The highest BCUT2D eigenvalue weighted by atomic mass is 16.3. The van der Waals surface area contributed by atoms with E-state index in [1.54, 1.807) is 24.3 Å². The number of amides is 1. The van der Waals surface area contributed by atoms with Gasteiger partial charge in [0, 0.05) is 31.3 Å². The van der Waals surface area contributed by atoms with Crippen LogP contribution in [0, 0.1) is 11.8 Å². The fourth-order valence-corrected chi connectivity index (χ4v) is 4.28. The van der Waals surface area contributed by atoms with E-state index in [4.69, 9.17) is 0 Å². The Hall–Kier alpha value is -1.59. The van der Waals surface area contributed by atoms with Gasteiger partial charge in [-0.2, -0.15) is 0 Å². The largest absolute Gasteiger partial charge is 0.508 e. The molecule has 5 heteroatoms. The van der Waals surface area contributed by atoms with Crippen LogP contribution < -0.4 is 5.32 Å².